The largest absolute Gasteiger partial charge is 0.379 e. The van der Waals surface area contributed by atoms with E-state index < -0.39 is 0 Å². The summed E-state index contributed by atoms with van der Waals surface area (Å²) >= 11 is 1.86. The molecule has 0 radical (unpaired) electrons. The summed E-state index contributed by atoms with van der Waals surface area (Å²) in [7, 11) is 0. The van der Waals surface area contributed by atoms with Gasteiger partial charge in [0.25, 0.3) is 0 Å². The standard InChI is InChI=1S/C20H33N3O2S/c1-3-21-20(22-12-8-13-24-16-18-9-7-14-25-18)23-15-17(2)26-19-10-5-4-6-11-19/h4-6,10-11,17-18H,3,7-9,12-16H2,1-2H3,(H2,21,22,23). The Balaban J connectivity index is 1.60. The van der Waals surface area contributed by atoms with E-state index in [1.807, 2.05) is 17.8 Å². The molecule has 1 heterocycles. The van der Waals surface area contributed by atoms with Crippen molar-refractivity contribution in [1.29, 1.82) is 0 Å². The van der Waals surface area contributed by atoms with Crippen LogP contribution in [0, 0.1) is 0 Å². The summed E-state index contributed by atoms with van der Waals surface area (Å²) < 4.78 is 11.3. The van der Waals surface area contributed by atoms with E-state index in [1.54, 1.807) is 0 Å². The lowest BCUT2D eigenvalue weighted by molar-refractivity contribution is 0.0168. The fourth-order valence-corrected chi connectivity index (χ4v) is 3.63. The number of nitrogens with one attached hydrogen (secondary N) is 2. The Morgan fingerprint density at radius 2 is 2.19 bits per heavy atom. The maximum atomic E-state index is 5.70. The Bertz CT molecular complexity index is 507. The first-order valence-electron chi connectivity index (χ1n) is 9.71. The first-order valence-corrected chi connectivity index (χ1v) is 10.6. The van der Waals surface area contributed by atoms with Crippen LogP contribution in [0.1, 0.15) is 33.1 Å². The van der Waals surface area contributed by atoms with Crippen molar-refractivity contribution in [3.8, 4) is 0 Å². The van der Waals surface area contributed by atoms with E-state index in [4.69, 9.17) is 14.5 Å². The molecule has 0 aliphatic carbocycles. The van der Waals surface area contributed by atoms with Gasteiger partial charge in [-0.15, -0.1) is 11.8 Å². The molecule has 1 aliphatic rings. The van der Waals surface area contributed by atoms with Crippen molar-refractivity contribution < 1.29 is 9.47 Å². The number of hydrogen-bond acceptors (Lipinski definition) is 4. The average molecular weight is 380 g/mol. The average Bonchev–Trinajstić information content (AvgIpc) is 3.16. The molecule has 1 aromatic carbocycles. The topological polar surface area (TPSA) is 54.9 Å². The molecule has 0 bridgehead atoms. The first-order chi connectivity index (χ1) is 12.8. The van der Waals surface area contributed by atoms with Crippen LogP contribution in [0.3, 0.4) is 0 Å². The molecule has 0 aromatic heterocycles. The predicted octanol–water partition coefficient (Wildman–Crippen LogP) is 3.31. The molecule has 2 atom stereocenters. The van der Waals surface area contributed by atoms with Crippen LogP contribution >= 0.6 is 11.8 Å². The summed E-state index contributed by atoms with van der Waals surface area (Å²) in [5.74, 6) is 0.882. The number of guanidine groups is 1. The van der Waals surface area contributed by atoms with Crippen molar-refractivity contribution in [3.63, 3.8) is 0 Å². The molecule has 6 heteroatoms. The highest BCUT2D eigenvalue weighted by molar-refractivity contribution is 8.00. The van der Waals surface area contributed by atoms with Crippen LogP contribution in [0.15, 0.2) is 40.2 Å². The fraction of sp³-hybridized carbons (Fsp3) is 0.650. The van der Waals surface area contributed by atoms with Gasteiger partial charge < -0.3 is 20.1 Å². The summed E-state index contributed by atoms with van der Waals surface area (Å²) in [5.41, 5.74) is 0. The Morgan fingerprint density at radius 3 is 2.92 bits per heavy atom. The van der Waals surface area contributed by atoms with Gasteiger partial charge in [-0.3, -0.25) is 4.99 Å². The zero-order chi connectivity index (χ0) is 18.5. The molecule has 0 spiro atoms. The maximum Gasteiger partial charge on any atom is 0.191 e. The number of ether oxygens (including phenoxy) is 2. The lowest BCUT2D eigenvalue weighted by Gasteiger charge is -2.14. The molecule has 1 aliphatic heterocycles. The third-order valence-electron chi connectivity index (χ3n) is 4.02. The van der Waals surface area contributed by atoms with E-state index in [0.29, 0.717) is 11.4 Å². The first kappa shape index (κ1) is 21.1. The van der Waals surface area contributed by atoms with Crippen LogP contribution in [0.5, 0.6) is 0 Å². The fourth-order valence-electron chi connectivity index (χ4n) is 2.70. The van der Waals surface area contributed by atoms with Crippen LogP contribution in [0.2, 0.25) is 0 Å². The van der Waals surface area contributed by atoms with Crippen molar-refractivity contribution in [2.75, 3.05) is 39.5 Å². The molecule has 1 fully saturated rings. The SMILES string of the molecule is CCNC(=NCC(C)Sc1ccccc1)NCCCOCC1CCCO1. The molecular weight excluding hydrogens is 346 g/mol. The Kier molecular flexibility index (Phi) is 10.5. The van der Waals surface area contributed by atoms with Crippen LogP contribution < -0.4 is 10.6 Å². The second-order valence-electron chi connectivity index (χ2n) is 6.45. The van der Waals surface area contributed by atoms with Gasteiger partial charge in [0.05, 0.1) is 19.3 Å². The molecule has 2 rings (SSSR count). The minimum Gasteiger partial charge on any atom is -0.379 e. The highest BCUT2D eigenvalue weighted by Crippen LogP contribution is 2.22. The molecule has 146 valence electrons. The van der Waals surface area contributed by atoms with Crippen molar-refractivity contribution in [1.82, 2.24) is 10.6 Å². The molecule has 0 saturated carbocycles. The third-order valence-corrected chi connectivity index (χ3v) is 5.11. The number of benzene rings is 1. The van der Waals surface area contributed by atoms with Gasteiger partial charge in [-0.05, 0) is 38.3 Å². The highest BCUT2D eigenvalue weighted by atomic mass is 32.2. The molecule has 26 heavy (non-hydrogen) atoms. The molecule has 1 aromatic rings. The number of hydrogen-bond donors (Lipinski definition) is 2. The minimum absolute atomic E-state index is 0.311. The number of aliphatic imine (C=N–C) groups is 1. The molecule has 2 N–H and O–H groups in total. The number of thioether (sulfide) groups is 1. The van der Waals surface area contributed by atoms with Crippen LogP contribution in [0.4, 0.5) is 0 Å². The lowest BCUT2D eigenvalue weighted by atomic mass is 10.2. The zero-order valence-electron chi connectivity index (χ0n) is 16.1. The van der Waals surface area contributed by atoms with Gasteiger partial charge in [0, 0.05) is 36.4 Å². The summed E-state index contributed by atoms with van der Waals surface area (Å²) in [6.45, 7) is 9.17. The summed E-state index contributed by atoms with van der Waals surface area (Å²) in [5, 5.41) is 7.13. The summed E-state index contributed by atoms with van der Waals surface area (Å²) in [6, 6.07) is 10.5. The second-order valence-corrected chi connectivity index (χ2v) is 7.96. The Labute approximate surface area is 162 Å². The smallest absolute Gasteiger partial charge is 0.191 e. The van der Waals surface area contributed by atoms with Gasteiger partial charge in [-0.1, -0.05) is 25.1 Å². The highest BCUT2D eigenvalue weighted by Gasteiger charge is 2.14. The molecule has 1 saturated heterocycles. The van der Waals surface area contributed by atoms with Crippen molar-refractivity contribution >= 4 is 17.7 Å². The molecule has 2 unspecified atom stereocenters. The van der Waals surface area contributed by atoms with Crippen molar-refractivity contribution in [2.45, 2.75) is 49.4 Å². The van der Waals surface area contributed by atoms with E-state index in [9.17, 15) is 0 Å². The summed E-state index contributed by atoms with van der Waals surface area (Å²) in [4.78, 5) is 5.99. The van der Waals surface area contributed by atoms with Gasteiger partial charge in [0.2, 0.25) is 0 Å². The number of nitrogens with zero attached hydrogens (tertiary/aromatic N) is 1. The normalized spacial score (nSPS) is 18.7. The van der Waals surface area contributed by atoms with Gasteiger partial charge in [-0.25, -0.2) is 0 Å². The molecule has 0 amide bonds. The van der Waals surface area contributed by atoms with Gasteiger partial charge >= 0.3 is 0 Å². The maximum absolute atomic E-state index is 5.70. The van der Waals surface area contributed by atoms with Gasteiger partial charge in [-0.2, -0.15) is 0 Å². The zero-order valence-corrected chi connectivity index (χ0v) is 16.9. The van der Waals surface area contributed by atoms with E-state index in [-0.39, 0.29) is 0 Å². The van der Waals surface area contributed by atoms with Crippen LogP contribution in [-0.4, -0.2) is 56.8 Å². The summed E-state index contributed by atoms with van der Waals surface area (Å²) in [6.07, 6.45) is 3.57. The minimum atomic E-state index is 0.311. The van der Waals surface area contributed by atoms with Gasteiger partial charge in [0.1, 0.15) is 0 Å². The third kappa shape index (κ3) is 8.92. The number of rotatable bonds is 11. The predicted molar refractivity (Wildman–Crippen MR) is 110 cm³/mol. The van der Waals surface area contributed by atoms with Crippen molar-refractivity contribution in [3.05, 3.63) is 30.3 Å². The van der Waals surface area contributed by atoms with Gasteiger partial charge in [0.15, 0.2) is 5.96 Å². The molecule has 5 nitrogen and oxygen atoms in total. The Hall–Kier alpha value is -1.24. The molecular formula is C20H33N3O2S. The van der Waals surface area contributed by atoms with E-state index in [1.165, 1.54) is 11.3 Å². The monoisotopic (exact) mass is 379 g/mol. The second kappa shape index (κ2) is 13.0. The quantitative estimate of drug-likeness (QED) is 0.267. The van der Waals surface area contributed by atoms with Crippen LogP contribution in [-0.2, 0) is 9.47 Å². The van der Waals surface area contributed by atoms with Crippen LogP contribution in [0.25, 0.3) is 0 Å². The van der Waals surface area contributed by atoms with E-state index in [2.05, 4.69) is 48.7 Å². The van der Waals surface area contributed by atoms with E-state index >= 15 is 0 Å². The van der Waals surface area contributed by atoms with Crippen molar-refractivity contribution in [2.24, 2.45) is 4.99 Å². The lowest BCUT2D eigenvalue weighted by Crippen LogP contribution is -2.38. The van der Waals surface area contributed by atoms with E-state index in [0.717, 1.165) is 58.3 Å². The Morgan fingerprint density at radius 1 is 1.35 bits per heavy atom.